The van der Waals surface area contributed by atoms with E-state index in [9.17, 15) is 9.18 Å². The zero-order valence-electron chi connectivity index (χ0n) is 12.7. The van der Waals surface area contributed by atoms with Crippen molar-refractivity contribution < 1.29 is 13.9 Å². The van der Waals surface area contributed by atoms with Gasteiger partial charge in [0, 0.05) is 20.2 Å². The lowest BCUT2D eigenvalue weighted by atomic mass is 9.90. The summed E-state index contributed by atoms with van der Waals surface area (Å²) in [4.78, 5) is 14.6. The first-order valence-electron chi connectivity index (χ1n) is 7.41. The van der Waals surface area contributed by atoms with Gasteiger partial charge in [-0.25, -0.2) is 4.39 Å². The van der Waals surface area contributed by atoms with Crippen LogP contribution in [0.3, 0.4) is 0 Å². The lowest BCUT2D eigenvalue weighted by Crippen LogP contribution is -2.55. The molecule has 4 nitrogen and oxygen atoms in total. The number of methoxy groups -OCH3 is 1. The topological polar surface area (TPSA) is 41.6 Å². The molecular weight excluding hydrogens is 271 g/mol. The van der Waals surface area contributed by atoms with Gasteiger partial charge in [-0.3, -0.25) is 4.79 Å². The smallest absolute Gasteiger partial charge is 0.255 e. The van der Waals surface area contributed by atoms with Gasteiger partial charge < -0.3 is 15.0 Å². The number of hydrogen-bond donors (Lipinski definition) is 1. The molecule has 116 valence electrons. The Morgan fingerprint density at radius 1 is 1.43 bits per heavy atom. The molecule has 1 heterocycles. The molecule has 0 saturated carbocycles. The zero-order valence-corrected chi connectivity index (χ0v) is 12.7. The van der Waals surface area contributed by atoms with Crippen molar-refractivity contribution in [2.75, 3.05) is 26.7 Å². The first-order valence-corrected chi connectivity index (χ1v) is 7.41. The molecule has 2 rings (SSSR count). The number of amides is 1. The molecule has 1 aliphatic heterocycles. The third-order valence-electron chi connectivity index (χ3n) is 4.12. The van der Waals surface area contributed by atoms with Crippen LogP contribution in [-0.2, 0) is 16.1 Å². The van der Waals surface area contributed by atoms with Crippen LogP contribution in [0.1, 0.15) is 25.3 Å². The number of benzene rings is 1. The fourth-order valence-corrected chi connectivity index (χ4v) is 2.81. The molecule has 0 unspecified atom stereocenters. The van der Waals surface area contributed by atoms with Crippen molar-refractivity contribution in [3.63, 3.8) is 0 Å². The Kier molecular flexibility index (Phi) is 5.31. The van der Waals surface area contributed by atoms with Gasteiger partial charge >= 0.3 is 0 Å². The highest BCUT2D eigenvalue weighted by Gasteiger charge is 2.41. The molecule has 0 aromatic heterocycles. The van der Waals surface area contributed by atoms with Crippen molar-refractivity contribution in [1.29, 1.82) is 0 Å². The Hall–Kier alpha value is -1.46. The molecule has 0 aliphatic carbocycles. The molecule has 1 fully saturated rings. The van der Waals surface area contributed by atoms with Gasteiger partial charge in [-0.1, -0.05) is 12.1 Å². The van der Waals surface area contributed by atoms with E-state index in [1.54, 1.807) is 18.1 Å². The van der Waals surface area contributed by atoms with Crippen LogP contribution in [0.25, 0.3) is 0 Å². The van der Waals surface area contributed by atoms with Gasteiger partial charge in [0.25, 0.3) is 5.91 Å². The zero-order chi connectivity index (χ0) is 15.3. The third-order valence-corrected chi connectivity index (χ3v) is 4.12. The Morgan fingerprint density at radius 3 is 2.71 bits per heavy atom. The van der Waals surface area contributed by atoms with E-state index < -0.39 is 5.60 Å². The molecule has 1 aromatic rings. The summed E-state index contributed by atoms with van der Waals surface area (Å²) in [5, 5.41) is 3.24. The minimum Gasteiger partial charge on any atom is -0.368 e. The average Bonchev–Trinajstić information content (AvgIpc) is 2.52. The maximum atomic E-state index is 13.3. The second kappa shape index (κ2) is 7.00. The second-order valence-electron chi connectivity index (χ2n) is 5.40. The average molecular weight is 294 g/mol. The summed E-state index contributed by atoms with van der Waals surface area (Å²) in [6.07, 6.45) is 1.34. The van der Waals surface area contributed by atoms with Gasteiger partial charge in [-0.2, -0.15) is 0 Å². The van der Waals surface area contributed by atoms with Crippen LogP contribution >= 0.6 is 0 Å². The minimum atomic E-state index is -0.741. The van der Waals surface area contributed by atoms with Gasteiger partial charge in [-0.05, 0) is 50.6 Å². The SMILES string of the molecule is CCN(Cc1cccc(F)c1)C(=O)C1(OC)CCNCC1. The molecule has 5 heteroatoms. The summed E-state index contributed by atoms with van der Waals surface area (Å²) in [5.41, 5.74) is 0.0552. The van der Waals surface area contributed by atoms with Crippen LogP contribution < -0.4 is 5.32 Å². The number of rotatable bonds is 5. The predicted octanol–water partition coefficient (Wildman–Crippen LogP) is 1.94. The van der Waals surface area contributed by atoms with Crippen molar-refractivity contribution in [2.24, 2.45) is 0 Å². The summed E-state index contributed by atoms with van der Waals surface area (Å²) in [6.45, 7) is 4.47. The number of nitrogens with zero attached hydrogens (tertiary/aromatic N) is 1. The highest BCUT2D eigenvalue weighted by atomic mass is 19.1. The van der Waals surface area contributed by atoms with E-state index in [1.165, 1.54) is 12.1 Å². The minimum absolute atomic E-state index is 0.00161. The first-order chi connectivity index (χ1) is 10.1. The van der Waals surface area contributed by atoms with E-state index in [2.05, 4.69) is 5.32 Å². The summed E-state index contributed by atoms with van der Waals surface area (Å²) < 4.78 is 18.9. The van der Waals surface area contributed by atoms with E-state index in [4.69, 9.17) is 4.74 Å². The van der Waals surface area contributed by atoms with E-state index in [-0.39, 0.29) is 11.7 Å². The molecule has 1 aliphatic rings. The van der Waals surface area contributed by atoms with E-state index >= 15 is 0 Å². The largest absolute Gasteiger partial charge is 0.368 e. The number of carbonyl (C=O) groups excluding carboxylic acids is 1. The number of ether oxygens (including phenoxy) is 1. The van der Waals surface area contributed by atoms with Crippen LogP contribution in [0.5, 0.6) is 0 Å². The van der Waals surface area contributed by atoms with Crippen LogP contribution in [0.15, 0.2) is 24.3 Å². The van der Waals surface area contributed by atoms with Crippen LogP contribution in [0, 0.1) is 5.82 Å². The molecule has 0 radical (unpaired) electrons. The van der Waals surface area contributed by atoms with Gasteiger partial charge in [-0.15, -0.1) is 0 Å². The summed E-state index contributed by atoms with van der Waals surface area (Å²) in [6, 6.07) is 6.38. The standard InChI is InChI=1S/C16H23FN2O2/c1-3-19(12-13-5-4-6-14(17)11-13)15(20)16(21-2)7-9-18-10-8-16/h4-6,11,18H,3,7-10,12H2,1-2H3. The van der Waals surface area contributed by atoms with E-state index in [0.717, 1.165) is 18.7 Å². The predicted molar refractivity (Wildman–Crippen MR) is 79.3 cm³/mol. The molecule has 1 amide bonds. The second-order valence-corrected chi connectivity index (χ2v) is 5.40. The van der Waals surface area contributed by atoms with Crippen molar-refractivity contribution >= 4 is 5.91 Å². The van der Waals surface area contributed by atoms with Crippen LogP contribution in [0.4, 0.5) is 4.39 Å². The van der Waals surface area contributed by atoms with Crippen molar-refractivity contribution in [3.05, 3.63) is 35.6 Å². The Bertz CT molecular complexity index is 487. The third kappa shape index (κ3) is 3.60. The van der Waals surface area contributed by atoms with Crippen LogP contribution in [0.2, 0.25) is 0 Å². The number of carbonyl (C=O) groups is 1. The van der Waals surface area contributed by atoms with Gasteiger partial charge in [0.15, 0.2) is 0 Å². The Morgan fingerprint density at radius 2 is 2.14 bits per heavy atom. The molecule has 0 bridgehead atoms. The van der Waals surface area contributed by atoms with Gasteiger partial charge in [0.05, 0.1) is 0 Å². The summed E-state index contributed by atoms with van der Waals surface area (Å²) >= 11 is 0. The Balaban J connectivity index is 2.14. The number of piperidine rings is 1. The monoisotopic (exact) mass is 294 g/mol. The number of hydrogen-bond acceptors (Lipinski definition) is 3. The lowest BCUT2D eigenvalue weighted by Gasteiger charge is -2.38. The maximum Gasteiger partial charge on any atom is 0.255 e. The lowest BCUT2D eigenvalue weighted by molar-refractivity contribution is -0.158. The first kappa shape index (κ1) is 15.9. The fraction of sp³-hybridized carbons (Fsp3) is 0.562. The molecule has 1 N–H and O–H groups in total. The van der Waals surface area contributed by atoms with Crippen molar-refractivity contribution in [1.82, 2.24) is 10.2 Å². The Labute approximate surface area is 125 Å². The maximum absolute atomic E-state index is 13.3. The number of nitrogens with one attached hydrogen (secondary N) is 1. The fourth-order valence-electron chi connectivity index (χ4n) is 2.81. The van der Waals surface area contributed by atoms with Crippen LogP contribution in [-0.4, -0.2) is 43.2 Å². The summed E-state index contributed by atoms with van der Waals surface area (Å²) in [7, 11) is 1.60. The molecule has 1 saturated heterocycles. The van der Waals surface area contributed by atoms with Crippen molar-refractivity contribution in [2.45, 2.75) is 31.9 Å². The van der Waals surface area contributed by atoms with E-state index in [0.29, 0.717) is 25.9 Å². The molecule has 21 heavy (non-hydrogen) atoms. The normalized spacial score (nSPS) is 17.5. The highest BCUT2D eigenvalue weighted by molar-refractivity contribution is 5.85. The van der Waals surface area contributed by atoms with E-state index in [1.807, 2.05) is 13.0 Å². The molecule has 0 atom stereocenters. The van der Waals surface area contributed by atoms with Gasteiger partial charge in [0.1, 0.15) is 11.4 Å². The molecule has 0 spiro atoms. The molecule has 1 aromatic carbocycles. The number of likely N-dealkylation sites (N-methyl/N-ethyl adjacent to an activating group) is 1. The quantitative estimate of drug-likeness (QED) is 0.902. The summed E-state index contributed by atoms with van der Waals surface area (Å²) in [5.74, 6) is -0.280. The van der Waals surface area contributed by atoms with Crippen molar-refractivity contribution in [3.8, 4) is 0 Å². The number of halogens is 1. The van der Waals surface area contributed by atoms with Gasteiger partial charge in [0.2, 0.25) is 0 Å². The highest BCUT2D eigenvalue weighted by Crippen LogP contribution is 2.26. The molecular formula is C16H23FN2O2.